The van der Waals surface area contributed by atoms with E-state index in [1.165, 1.54) is 12.3 Å². The fourth-order valence-corrected chi connectivity index (χ4v) is 4.26. The van der Waals surface area contributed by atoms with Gasteiger partial charge in [-0.15, -0.1) is 0 Å². The minimum Gasteiger partial charge on any atom is -0.618 e. The molecule has 7 heteroatoms. The van der Waals surface area contributed by atoms with Crippen LogP contribution in [0.1, 0.15) is 0 Å². The van der Waals surface area contributed by atoms with Gasteiger partial charge in [0.15, 0.2) is 6.20 Å². The van der Waals surface area contributed by atoms with E-state index in [2.05, 4.69) is 20.7 Å². The van der Waals surface area contributed by atoms with Crippen LogP contribution in [0.5, 0.6) is 0 Å². The van der Waals surface area contributed by atoms with Crippen molar-refractivity contribution in [2.24, 2.45) is 0 Å². The first-order valence-corrected chi connectivity index (χ1v) is 8.65. The second kappa shape index (κ2) is 5.58. The third-order valence-corrected chi connectivity index (χ3v) is 5.53. The topological polar surface area (TPSA) is 73.1 Å². The van der Waals surface area contributed by atoms with Gasteiger partial charge in [0.1, 0.15) is 10.6 Å². The number of nitrogens with zero attached hydrogens (tertiary/aromatic N) is 1. The molecule has 0 atom stereocenters. The summed E-state index contributed by atoms with van der Waals surface area (Å²) in [6.45, 7) is 0. The monoisotopic (exact) mass is 378 g/mol. The van der Waals surface area contributed by atoms with Crippen molar-refractivity contribution in [3.63, 3.8) is 0 Å². The van der Waals surface area contributed by atoms with Crippen LogP contribution in [-0.4, -0.2) is 8.42 Å². The van der Waals surface area contributed by atoms with Gasteiger partial charge in [0.05, 0.1) is 0 Å². The van der Waals surface area contributed by atoms with Gasteiger partial charge in [-0.25, -0.2) is 8.42 Å². The first kappa shape index (κ1) is 14.8. The average Bonchev–Trinajstić information content (AvgIpc) is 2.47. The summed E-state index contributed by atoms with van der Waals surface area (Å²) in [4.78, 5) is 0.111. The SMILES string of the molecule is O=S(=O)(Nc1cccc2ccc[n+]([O-])c12)c1ccccc1Br. The van der Waals surface area contributed by atoms with Crippen LogP contribution >= 0.6 is 15.9 Å². The number of rotatable bonds is 3. The summed E-state index contributed by atoms with van der Waals surface area (Å²) in [5.41, 5.74) is 0.518. The lowest BCUT2D eigenvalue weighted by Gasteiger charge is -2.11. The molecule has 0 saturated carbocycles. The molecule has 0 aliphatic rings. The van der Waals surface area contributed by atoms with Crippen molar-refractivity contribution in [1.29, 1.82) is 0 Å². The smallest absolute Gasteiger partial charge is 0.263 e. The van der Waals surface area contributed by atoms with Gasteiger partial charge in [0.2, 0.25) is 5.52 Å². The number of sulfonamides is 1. The lowest BCUT2D eigenvalue weighted by Crippen LogP contribution is -2.27. The van der Waals surface area contributed by atoms with Crippen LogP contribution in [-0.2, 0) is 10.0 Å². The Hall–Kier alpha value is -2.12. The normalized spacial score (nSPS) is 11.5. The molecule has 22 heavy (non-hydrogen) atoms. The lowest BCUT2D eigenvalue weighted by molar-refractivity contribution is -0.576. The summed E-state index contributed by atoms with van der Waals surface area (Å²) in [5.74, 6) is 0. The number of halogens is 1. The van der Waals surface area contributed by atoms with E-state index < -0.39 is 10.0 Å². The van der Waals surface area contributed by atoms with Crippen molar-refractivity contribution in [3.05, 3.63) is 70.5 Å². The number of pyridine rings is 1. The van der Waals surface area contributed by atoms with Gasteiger partial charge in [0, 0.05) is 15.9 Å². The maximum Gasteiger partial charge on any atom is 0.263 e. The zero-order valence-corrected chi connectivity index (χ0v) is 13.6. The molecule has 0 amide bonds. The fraction of sp³-hybridized carbons (Fsp3) is 0. The van der Waals surface area contributed by atoms with E-state index in [0.29, 0.717) is 14.6 Å². The molecule has 2 aromatic carbocycles. The minimum absolute atomic E-state index is 0.111. The molecule has 0 radical (unpaired) electrons. The Balaban J connectivity index is 2.13. The molecule has 112 valence electrons. The molecule has 0 aliphatic carbocycles. The van der Waals surface area contributed by atoms with Crippen molar-refractivity contribution >= 4 is 42.5 Å². The van der Waals surface area contributed by atoms with E-state index in [9.17, 15) is 13.6 Å². The van der Waals surface area contributed by atoms with Crippen LogP contribution in [0.25, 0.3) is 10.9 Å². The molecule has 0 fully saturated rings. The molecule has 1 N–H and O–H groups in total. The van der Waals surface area contributed by atoms with E-state index in [4.69, 9.17) is 0 Å². The van der Waals surface area contributed by atoms with Crippen LogP contribution in [0.4, 0.5) is 5.69 Å². The summed E-state index contributed by atoms with van der Waals surface area (Å²) >= 11 is 3.22. The number of hydrogen-bond acceptors (Lipinski definition) is 3. The number of anilines is 1. The number of aromatic nitrogens is 1. The Morgan fingerprint density at radius 1 is 1.00 bits per heavy atom. The molecule has 0 bridgehead atoms. The Morgan fingerprint density at radius 3 is 2.50 bits per heavy atom. The molecule has 0 spiro atoms. The molecule has 0 unspecified atom stereocenters. The van der Waals surface area contributed by atoms with Gasteiger partial charge >= 0.3 is 0 Å². The van der Waals surface area contributed by atoms with Gasteiger partial charge in [-0.05, 0) is 46.3 Å². The quantitative estimate of drug-likeness (QED) is 0.562. The summed E-state index contributed by atoms with van der Waals surface area (Å²) in [7, 11) is -3.80. The molecule has 3 aromatic rings. The third-order valence-electron chi connectivity index (χ3n) is 3.16. The minimum atomic E-state index is -3.80. The molecule has 1 heterocycles. The number of nitrogens with one attached hydrogen (secondary N) is 1. The standard InChI is InChI=1S/C15H11BrN2O3S/c16-12-7-1-2-9-14(12)22(20,21)17-13-8-3-5-11-6-4-10-18(19)15(11)13/h1-10,17H. The number of benzene rings is 2. The second-order valence-electron chi connectivity index (χ2n) is 4.61. The van der Waals surface area contributed by atoms with Crippen LogP contribution < -0.4 is 9.45 Å². The van der Waals surface area contributed by atoms with Crippen molar-refractivity contribution in [2.75, 3.05) is 4.72 Å². The second-order valence-corrected chi connectivity index (χ2v) is 7.12. The van der Waals surface area contributed by atoms with Gasteiger partial charge in [0.25, 0.3) is 10.0 Å². The summed E-state index contributed by atoms with van der Waals surface area (Å²) in [6.07, 6.45) is 1.33. The lowest BCUT2D eigenvalue weighted by atomic mass is 10.2. The van der Waals surface area contributed by atoms with E-state index in [0.717, 1.165) is 0 Å². The Labute approximate surface area is 136 Å². The highest BCUT2D eigenvalue weighted by atomic mass is 79.9. The van der Waals surface area contributed by atoms with E-state index in [-0.39, 0.29) is 16.1 Å². The maximum atomic E-state index is 12.5. The number of para-hydroxylation sites is 1. The van der Waals surface area contributed by atoms with Crippen LogP contribution in [0.15, 0.2) is 70.2 Å². The van der Waals surface area contributed by atoms with Gasteiger partial charge < -0.3 is 5.21 Å². The zero-order chi connectivity index (χ0) is 15.7. The van der Waals surface area contributed by atoms with E-state index in [1.807, 2.05) is 0 Å². The van der Waals surface area contributed by atoms with Crippen molar-refractivity contribution in [1.82, 2.24) is 0 Å². The van der Waals surface area contributed by atoms with Gasteiger partial charge in [-0.3, -0.25) is 4.72 Å². The first-order chi connectivity index (χ1) is 10.5. The largest absolute Gasteiger partial charge is 0.618 e. The Kier molecular flexibility index (Phi) is 3.76. The van der Waals surface area contributed by atoms with Crippen molar-refractivity contribution < 1.29 is 13.1 Å². The van der Waals surface area contributed by atoms with E-state index in [1.54, 1.807) is 48.5 Å². The molecule has 1 aromatic heterocycles. The Bertz CT molecular complexity index is 953. The molecule has 0 saturated heterocycles. The highest BCUT2D eigenvalue weighted by molar-refractivity contribution is 9.10. The van der Waals surface area contributed by atoms with Crippen molar-refractivity contribution in [2.45, 2.75) is 4.90 Å². The average molecular weight is 379 g/mol. The zero-order valence-electron chi connectivity index (χ0n) is 11.2. The molecule has 0 aliphatic heterocycles. The van der Waals surface area contributed by atoms with Crippen LogP contribution in [0, 0.1) is 5.21 Å². The molecule has 3 rings (SSSR count). The number of hydrogen-bond donors (Lipinski definition) is 1. The summed E-state index contributed by atoms with van der Waals surface area (Å²) in [6, 6.07) is 14.9. The van der Waals surface area contributed by atoms with Crippen LogP contribution in [0.2, 0.25) is 0 Å². The predicted octanol–water partition coefficient (Wildman–Crippen LogP) is 3.04. The fourth-order valence-electron chi connectivity index (χ4n) is 2.19. The third kappa shape index (κ3) is 2.65. The van der Waals surface area contributed by atoms with Crippen LogP contribution in [0.3, 0.4) is 0 Å². The number of fused-ring (bicyclic) bond motifs is 1. The highest BCUT2D eigenvalue weighted by Crippen LogP contribution is 2.26. The van der Waals surface area contributed by atoms with Gasteiger partial charge in [-0.1, -0.05) is 18.2 Å². The molecular formula is C15H11BrN2O3S. The summed E-state index contributed by atoms with van der Waals surface area (Å²) in [5, 5.41) is 12.6. The first-order valence-electron chi connectivity index (χ1n) is 6.37. The maximum absolute atomic E-state index is 12.5. The van der Waals surface area contributed by atoms with E-state index >= 15 is 0 Å². The predicted molar refractivity (Wildman–Crippen MR) is 87.9 cm³/mol. The summed E-state index contributed by atoms with van der Waals surface area (Å²) < 4.78 is 28.6. The molecule has 5 nitrogen and oxygen atoms in total. The van der Waals surface area contributed by atoms with Crippen molar-refractivity contribution in [3.8, 4) is 0 Å². The highest BCUT2D eigenvalue weighted by Gasteiger charge is 2.20. The van der Waals surface area contributed by atoms with Gasteiger partial charge in [-0.2, -0.15) is 4.73 Å². The molecular weight excluding hydrogens is 368 g/mol. The Morgan fingerprint density at radius 2 is 1.73 bits per heavy atom.